The molecule has 1 aliphatic rings. The Hall–Kier alpha value is -1.19. The predicted octanol–water partition coefficient (Wildman–Crippen LogP) is 5.39. The predicted molar refractivity (Wildman–Crippen MR) is 91.7 cm³/mol. The second-order valence-corrected chi connectivity index (χ2v) is 6.60. The van der Waals surface area contributed by atoms with Crippen LogP contribution in [0.25, 0.3) is 0 Å². The average molecular weight is 367 g/mol. The molecule has 0 amide bonds. The number of rotatable bonds is 3. The molecule has 0 saturated heterocycles. The molecule has 2 aromatic rings. The molecule has 110 valence electrons. The molecule has 2 nitrogen and oxygen atoms in total. The highest BCUT2D eigenvalue weighted by Crippen LogP contribution is 2.35. The third-order valence-electron chi connectivity index (χ3n) is 3.87. The van der Waals surface area contributed by atoms with Crippen LogP contribution in [0.4, 0.5) is 5.69 Å². The second-order valence-electron chi connectivity index (χ2n) is 5.33. The van der Waals surface area contributed by atoms with E-state index in [2.05, 4.69) is 33.4 Å². The van der Waals surface area contributed by atoms with Crippen molar-refractivity contribution in [3.63, 3.8) is 0 Å². The van der Waals surface area contributed by atoms with E-state index >= 15 is 0 Å². The molecule has 0 saturated carbocycles. The molecule has 1 heterocycles. The molecule has 0 spiro atoms. The van der Waals surface area contributed by atoms with Crippen molar-refractivity contribution in [2.45, 2.75) is 19.3 Å². The Balaban J connectivity index is 1.76. The Morgan fingerprint density at radius 2 is 2.14 bits per heavy atom. The maximum absolute atomic E-state index is 6.21. The van der Waals surface area contributed by atoms with Crippen LogP contribution in [0.5, 0.6) is 5.75 Å². The van der Waals surface area contributed by atoms with E-state index in [-0.39, 0.29) is 0 Å². The Morgan fingerprint density at radius 3 is 3.00 bits per heavy atom. The molecule has 0 aliphatic carbocycles. The largest absolute Gasteiger partial charge is 0.493 e. The van der Waals surface area contributed by atoms with E-state index in [4.69, 9.17) is 16.3 Å². The molecule has 0 bridgehead atoms. The Kier molecular flexibility index (Phi) is 4.41. The number of fused-ring (bicyclic) bond motifs is 1. The fourth-order valence-electron chi connectivity index (χ4n) is 2.64. The van der Waals surface area contributed by atoms with Gasteiger partial charge in [-0.15, -0.1) is 0 Å². The Morgan fingerprint density at radius 1 is 1.33 bits per heavy atom. The van der Waals surface area contributed by atoms with Gasteiger partial charge in [0.2, 0.25) is 0 Å². The molecule has 2 aromatic carbocycles. The van der Waals surface area contributed by atoms with E-state index in [1.54, 1.807) is 0 Å². The van der Waals surface area contributed by atoms with Crippen LogP contribution in [0.3, 0.4) is 0 Å². The first-order valence-electron chi connectivity index (χ1n) is 7.06. The minimum Gasteiger partial charge on any atom is -0.493 e. The molecule has 1 atom stereocenters. The van der Waals surface area contributed by atoms with Gasteiger partial charge in [-0.25, -0.2) is 0 Å². The van der Waals surface area contributed by atoms with E-state index in [9.17, 15) is 0 Å². The first-order chi connectivity index (χ1) is 10.1. The number of nitrogens with one attached hydrogen (secondary N) is 1. The highest BCUT2D eigenvalue weighted by molar-refractivity contribution is 9.10. The van der Waals surface area contributed by atoms with Gasteiger partial charge in [0, 0.05) is 27.6 Å². The van der Waals surface area contributed by atoms with Gasteiger partial charge in [-0.1, -0.05) is 29.8 Å². The fraction of sp³-hybridized carbons (Fsp3) is 0.294. The summed E-state index contributed by atoms with van der Waals surface area (Å²) < 4.78 is 6.75. The second kappa shape index (κ2) is 6.29. The lowest BCUT2D eigenvalue weighted by Gasteiger charge is -2.26. The molecular formula is C17H17BrClNO. The summed E-state index contributed by atoms with van der Waals surface area (Å²) in [5, 5.41) is 4.29. The number of halogens is 2. The lowest BCUT2D eigenvalue weighted by Crippen LogP contribution is -2.20. The van der Waals surface area contributed by atoms with Gasteiger partial charge in [-0.2, -0.15) is 0 Å². The first kappa shape index (κ1) is 14.7. The third kappa shape index (κ3) is 3.19. The van der Waals surface area contributed by atoms with E-state index in [0.29, 0.717) is 5.92 Å². The monoisotopic (exact) mass is 365 g/mol. The summed E-state index contributed by atoms with van der Waals surface area (Å²) in [6.07, 6.45) is 1.03. The summed E-state index contributed by atoms with van der Waals surface area (Å²) in [6.45, 7) is 3.66. The van der Waals surface area contributed by atoms with Crippen LogP contribution < -0.4 is 10.1 Å². The summed E-state index contributed by atoms with van der Waals surface area (Å²) in [5.74, 6) is 1.47. The van der Waals surface area contributed by atoms with Gasteiger partial charge in [0.1, 0.15) is 5.75 Å². The molecule has 21 heavy (non-hydrogen) atoms. The van der Waals surface area contributed by atoms with Gasteiger partial charge in [0.15, 0.2) is 0 Å². The number of hydrogen-bond donors (Lipinski definition) is 1. The summed E-state index contributed by atoms with van der Waals surface area (Å²) in [7, 11) is 0. The molecule has 0 radical (unpaired) electrons. The quantitative estimate of drug-likeness (QED) is 0.786. The summed E-state index contributed by atoms with van der Waals surface area (Å²) in [4.78, 5) is 0. The summed E-state index contributed by atoms with van der Waals surface area (Å²) >= 11 is 9.80. The van der Waals surface area contributed by atoms with Crippen LogP contribution in [0.1, 0.15) is 23.5 Å². The first-order valence-corrected chi connectivity index (χ1v) is 8.23. The van der Waals surface area contributed by atoms with Gasteiger partial charge in [-0.05, 0) is 58.6 Å². The maximum atomic E-state index is 6.21. The summed E-state index contributed by atoms with van der Waals surface area (Å²) in [6, 6.07) is 12.3. The normalized spacial score (nSPS) is 17.0. The number of anilines is 1. The van der Waals surface area contributed by atoms with Crippen LogP contribution in [-0.2, 0) is 0 Å². The average Bonchev–Trinajstić information content (AvgIpc) is 2.49. The summed E-state index contributed by atoms with van der Waals surface area (Å²) in [5.41, 5.74) is 3.39. The highest BCUT2D eigenvalue weighted by Gasteiger charge is 2.21. The van der Waals surface area contributed by atoms with Crippen molar-refractivity contribution in [1.82, 2.24) is 0 Å². The van der Waals surface area contributed by atoms with Crippen molar-refractivity contribution >= 4 is 33.2 Å². The zero-order valence-electron chi connectivity index (χ0n) is 11.8. The Labute approximate surface area is 138 Å². The number of benzene rings is 2. The number of para-hydroxylation sites is 1. The SMILES string of the molecule is Cc1cc(Br)c(NCC2CCOc3ccccc32)cc1Cl. The number of ether oxygens (including phenoxy) is 1. The van der Waals surface area contributed by atoms with Crippen LogP contribution in [0.15, 0.2) is 40.9 Å². The van der Waals surface area contributed by atoms with Gasteiger partial charge < -0.3 is 10.1 Å². The zero-order valence-corrected chi connectivity index (χ0v) is 14.2. The lowest BCUT2D eigenvalue weighted by atomic mass is 9.93. The fourth-order valence-corrected chi connectivity index (χ4v) is 3.40. The number of aryl methyl sites for hydroxylation is 1. The van der Waals surface area contributed by atoms with Gasteiger partial charge in [0.25, 0.3) is 0 Å². The van der Waals surface area contributed by atoms with Crippen molar-refractivity contribution in [2.75, 3.05) is 18.5 Å². The minimum absolute atomic E-state index is 0.460. The molecular weight excluding hydrogens is 350 g/mol. The molecule has 4 heteroatoms. The van der Waals surface area contributed by atoms with Crippen molar-refractivity contribution in [1.29, 1.82) is 0 Å². The van der Waals surface area contributed by atoms with Gasteiger partial charge >= 0.3 is 0 Å². The van der Waals surface area contributed by atoms with Crippen molar-refractivity contribution in [3.8, 4) is 5.75 Å². The molecule has 1 N–H and O–H groups in total. The van der Waals surface area contributed by atoms with E-state index < -0.39 is 0 Å². The maximum Gasteiger partial charge on any atom is 0.122 e. The van der Waals surface area contributed by atoms with Crippen LogP contribution >= 0.6 is 27.5 Å². The van der Waals surface area contributed by atoms with E-state index in [1.807, 2.05) is 31.2 Å². The minimum atomic E-state index is 0.460. The van der Waals surface area contributed by atoms with E-state index in [0.717, 1.165) is 46.1 Å². The van der Waals surface area contributed by atoms with Gasteiger partial charge in [0.05, 0.1) is 6.61 Å². The lowest BCUT2D eigenvalue weighted by molar-refractivity contribution is 0.270. The molecule has 1 unspecified atom stereocenters. The van der Waals surface area contributed by atoms with Crippen molar-refractivity contribution < 1.29 is 4.74 Å². The Bertz CT molecular complexity index is 659. The van der Waals surface area contributed by atoms with Crippen LogP contribution in [0, 0.1) is 6.92 Å². The van der Waals surface area contributed by atoms with Crippen molar-refractivity contribution in [3.05, 3.63) is 57.0 Å². The topological polar surface area (TPSA) is 21.3 Å². The smallest absolute Gasteiger partial charge is 0.122 e. The molecule has 0 aromatic heterocycles. The number of hydrogen-bond acceptors (Lipinski definition) is 2. The van der Waals surface area contributed by atoms with E-state index in [1.165, 1.54) is 5.56 Å². The highest BCUT2D eigenvalue weighted by atomic mass is 79.9. The van der Waals surface area contributed by atoms with Crippen LogP contribution in [0.2, 0.25) is 5.02 Å². The standard InChI is InChI=1S/C17H17BrClNO/c1-11-8-14(18)16(9-15(11)19)20-10-12-6-7-21-17-5-3-2-4-13(12)17/h2-5,8-9,12,20H,6-7,10H2,1H3. The van der Waals surface area contributed by atoms with Crippen LogP contribution in [-0.4, -0.2) is 13.2 Å². The van der Waals surface area contributed by atoms with Gasteiger partial charge in [-0.3, -0.25) is 0 Å². The molecule has 3 rings (SSSR count). The molecule has 1 aliphatic heterocycles. The zero-order chi connectivity index (χ0) is 14.8. The van der Waals surface area contributed by atoms with Crippen molar-refractivity contribution in [2.24, 2.45) is 0 Å². The molecule has 0 fully saturated rings. The third-order valence-corrected chi connectivity index (χ3v) is 4.93.